The summed E-state index contributed by atoms with van der Waals surface area (Å²) in [5.74, 6) is 0. The lowest BCUT2D eigenvalue weighted by atomic mass is 10.2. The normalized spacial score (nSPS) is 10.0. The summed E-state index contributed by atoms with van der Waals surface area (Å²) in [6, 6.07) is 2.03. The predicted molar refractivity (Wildman–Crippen MR) is 45.0 cm³/mol. The number of aromatic nitrogens is 1. The highest BCUT2D eigenvalue weighted by Crippen LogP contribution is 2.28. The molecule has 0 atom stereocenters. The molecule has 0 aliphatic rings. The zero-order chi connectivity index (χ0) is 11.6. The van der Waals surface area contributed by atoms with Crippen LogP contribution in [0.5, 0.6) is 0 Å². The molecule has 15 heavy (non-hydrogen) atoms. The molecule has 1 rings (SSSR count). The maximum atomic E-state index is 12.2. The van der Waals surface area contributed by atoms with Gasteiger partial charge in [0.25, 0.3) is 6.43 Å². The van der Waals surface area contributed by atoms with E-state index in [9.17, 15) is 18.9 Å². The first-order valence-electron chi connectivity index (χ1n) is 3.60. The van der Waals surface area contributed by atoms with Crippen LogP contribution in [0.15, 0.2) is 6.07 Å². The van der Waals surface area contributed by atoms with E-state index in [4.69, 9.17) is 11.0 Å². The number of nitrogens with two attached hydrogens (primary N) is 1. The minimum atomic E-state index is -2.93. The molecule has 1 aromatic rings. The summed E-state index contributed by atoms with van der Waals surface area (Å²) in [6.45, 7) is 0. The van der Waals surface area contributed by atoms with Crippen molar-refractivity contribution in [2.45, 2.75) is 6.43 Å². The van der Waals surface area contributed by atoms with Gasteiger partial charge in [-0.25, -0.2) is 13.8 Å². The van der Waals surface area contributed by atoms with Crippen molar-refractivity contribution in [3.05, 3.63) is 27.6 Å². The zero-order valence-corrected chi connectivity index (χ0v) is 7.15. The van der Waals surface area contributed by atoms with E-state index < -0.39 is 34.1 Å². The number of pyridine rings is 1. The standard InChI is InChI=1S/C7H4F2N4O2/c8-7(9)4-1-3(11)6(13(14)15)5(2-10)12-4/h1,7H,(H2,11,12). The second-order valence-electron chi connectivity index (χ2n) is 2.50. The number of halogens is 2. The lowest BCUT2D eigenvalue weighted by Crippen LogP contribution is -2.04. The van der Waals surface area contributed by atoms with Crippen molar-refractivity contribution in [2.24, 2.45) is 0 Å². The quantitative estimate of drug-likeness (QED) is 0.591. The Morgan fingerprint density at radius 2 is 2.27 bits per heavy atom. The van der Waals surface area contributed by atoms with Gasteiger partial charge >= 0.3 is 5.69 Å². The molecule has 1 aromatic heterocycles. The van der Waals surface area contributed by atoms with Crippen LogP contribution >= 0.6 is 0 Å². The van der Waals surface area contributed by atoms with Crippen LogP contribution in [-0.2, 0) is 0 Å². The molecule has 0 amide bonds. The number of nitriles is 1. The summed E-state index contributed by atoms with van der Waals surface area (Å²) in [6.07, 6.45) is -2.93. The number of nitrogen functional groups attached to an aromatic ring is 1. The van der Waals surface area contributed by atoms with E-state index in [2.05, 4.69) is 4.98 Å². The molecule has 0 fully saturated rings. The Kier molecular flexibility index (Phi) is 2.75. The van der Waals surface area contributed by atoms with Gasteiger partial charge in [0, 0.05) is 0 Å². The van der Waals surface area contributed by atoms with Gasteiger partial charge in [0.05, 0.1) is 4.92 Å². The third-order valence-corrected chi connectivity index (χ3v) is 1.55. The van der Waals surface area contributed by atoms with Gasteiger partial charge in [0.2, 0.25) is 5.69 Å². The second-order valence-corrected chi connectivity index (χ2v) is 2.50. The first-order chi connectivity index (χ1) is 6.97. The van der Waals surface area contributed by atoms with Gasteiger partial charge in [-0.2, -0.15) is 5.26 Å². The number of rotatable bonds is 2. The van der Waals surface area contributed by atoms with Gasteiger partial charge in [-0.1, -0.05) is 0 Å². The molecular formula is C7H4F2N4O2. The summed E-state index contributed by atoms with van der Waals surface area (Å²) >= 11 is 0. The van der Waals surface area contributed by atoms with E-state index >= 15 is 0 Å². The summed E-state index contributed by atoms with van der Waals surface area (Å²) in [5.41, 5.74) is 2.46. The van der Waals surface area contributed by atoms with Crippen molar-refractivity contribution >= 4 is 11.4 Å². The monoisotopic (exact) mass is 214 g/mol. The van der Waals surface area contributed by atoms with Crippen LogP contribution in [0.1, 0.15) is 17.8 Å². The fourth-order valence-electron chi connectivity index (χ4n) is 0.960. The molecule has 0 spiro atoms. The minimum absolute atomic E-state index is 0.498. The van der Waals surface area contributed by atoms with Crippen molar-refractivity contribution in [1.82, 2.24) is 4.98 Å². The molecule has 2 N–H and O–H groups in total. The van der Waals surface area contributed by atoms with E-state index in [-0.39, 0.29) is 0 Å². The highest BCUT2D eigenvalue weighted by molar-refractivity contribution is 5.64. The maximum Gasteiger partial charge on any atom is 0.328 e. The molecule has 0 unspecified atom stereocenters. The maximum absolute atomic E-state index is 12.2. The Balaban J connectivity index is 3.46. The lowest BCUT2D eigenvalue weighted by Gasteiger charge is -2.02. The fourth-order valence-corrected chi connectivity index (χ4v) is 0.960. The first-order valence-corrected chi connectivity index (χ1v) is 3.60. The summed E-state index contributed by atoms with van der Waals surface area (Å²) in [5, 5.41) is 18.9. The summed E-state index contributed by atoms with van der Waals surface area (Å²) in [7, 11) is 0. The van der Waals surface area contributed by atoms with Crippen LogP contribution in [-0.4, -0.2) is 9.91 Å². The molecule has 0 saturated carbocycles. The molecule has 0 aliphatic carbocycles. The number of hydrogen-bond acceptors (Lipinski definition) is 5. The topological polar surface area (TPSA) is 106 Å². The van der Waals surface area contributed by atoms with Crippen LogP contribution in [0.4, 0.5) is 20.2 Å². The molecule has 6 nitrogen and oxygen atoms in total. The molecule has 8 heteroatoms. The first kappa shape index (κ1) is 10.8. The molecule has 0 aromatic carbocycles. The Labute approximate surface area is 82.1 Å². The van der Waals surface area contributed by atoms with Crippen molar-refractivity contribution in [2.75, 3.05) is 5.73 Å². The number of nitrogens with zero attached hydrogens (tertiary/aromatic N) is 3. The highest BCUT2D eigenvalue weighted by atomic mass is 19.3. The van der Waals surface area contributed by atoms with Crippen molar-refractivity contribution < 1.29 is 13.7 Å². The zero-order valence-electron chi connectivity index (χ0n) is 7.15. The van der Waals surface area contributed by atoms with E-state index in [1.807, 2.05) is 0 Å². The Hall–Kier alpha value is -2.30. The molecule has 78 valence electrons. The molecule has 0 saturated heterocycles. The Bertz CT molecular complexity index is 455. The van der Waals surface area contributed by atoms with Crippen molar-refractivity contribution in [3.8, 4) is 6.07 Å². The third-order valence-electron chi connectivity index (χ3n) is 1.55. The average molecular weight is 214 g/mol. The minimum Gasteiger partial charge on any atom is -0.393 e. The largest absolute Gasteiger partial charge is 0.393 e. The smallest absolute Gasteiger partial charge is 0.328 e. The summed E-state index contributed by atoms with van der Waals surface area (Å²) < 4.78 is 24.4. The van der Waals surface area contributed by atoms with E-state index in [1.165, 1.54) is 6.07 Å². The van der Waals surface area contributed by atoms with Gasteiger partial charge in [0.1, 0.15) is 17.5 Å². The van der Waals surface area contributed by atoms with Crippen LogP contribution in [0.25, 0.3) is 0 Å². The number of nitro groups is 1. The van der Waals surface area contributed by atoms with Crippen LogP contribution in [0, 0.1) is 21.4 Å². The third kappa shape index (κ3) is 1.96. The molecule has 0 aliphatic heterocycles. The van der Waals surface area contributed by atoms with Crippen molar-refractivity contribution in [1.29, 1.82) is 5.26 Å². The molecule has 0 bridgehead atoms. The summed E-state index contributed by atoms with van der Waals surface area (Å²) in [4.78, 5) is 12.6. The van der Waals surface area contributed by atoms with Crippen LogP contribution in [0.2, 0.25) is 0 Å². The Morgan fingerprint density at radius 3 is 2.67 bits per heavy atom. The predicted octanol–water partition coefficient (Wildman–Crippen LogP) is 1.38. The molecule has 1 heterocycles. The lowest BCUT2D eigenvalue weighted by molar-refractivity contribution is -0.384. The van der Waals surface area contributed by atoms with E-state index in [1.54, 1.807) is 0 Å². The number of hydrogen-bond donors (Lipinski definition) is 1. The van der Waals surface area contributed by atoms with E-state index in [0.29, 0.717) is 6.07 Å². The van der Waals surface area contributed by atoms with Gasteiger partial charge in [-0.05, 0) is 6.07 Å². The van der Waals surface area contributed by atoms with E-state index in [0.717, 1.165) is 0 Å². The number of alkyl halides is 2. The van der Waals surface area contributed by atoms with Crippen molar-refractivity contribution in [3.63, 3.8) is 0 Å². The van der Waals surface area contributed by atoms with Crippen LogP contribution in [0.3, 0.4) is 0 Å². The highest BCUT2D eigenvalue weighted by Gasteiger charge is 2.23. The van der Waals surface area contributed by atoms with Gasteiger partial charge in [0.15, 0.2) is 0 Å². The second kappa shape index (κ2) is 3.83. The fraction of sp³-hybridized carbons (Fsp3) is 0.143. The van der Waals surface area contributed by atoms with Crippen LogP contribution < -0.4 is 5.73 Å². The average Bonchev–Trinajstić information content (AvgIpc) is 2.15. The SMILES string of the molecule is N#Cc1nc(C(F)F)cc(N)c1[N+](=O)[O-]. The van der Waals surface area contributed by atoms with Gasteiger partial charge in [-0.15, -0.1) is 0 Å². The molecule has 0 radical (unpaired) electrons. The Morgan fingerprint density at radius 1 is 1.67 bits per heavy atom. The number of anilines is 1. The molecular weight excluding hydrogens is 210 g/mol. The van der Waals surface area contributed by atoms with Gasteiger partial charge < -0.3 is 5.73 Å². The van der Waals surface area contributed by atoms with Gasteiger partial charge in [-0.3, -0.25) is 10.1 Å².